The van der Waals surface area contributed by atoms with Crippen molar-refractivity contribution in [2.45, 2.75) is 13.1 Å². The average Bonchev–Trinajstić information content (AvgIpc) is 3.21. The van der Waals surface area contributed by atoms with Crippen LogP contribution in [0, 0.1) is 0 Å². The second-order valence-electron chi connectivity index (χ2n) is 6.88. The molecule has 0 radical (unpaired) electrons. The zero-order chi connectivity index (χ0) is 20.1. The van der Waals surface area contributed by atoms with Gasteiger partial charge in [0.1, 0.15) is 0 Å². The van der Waals surface area contributed by atoms with Crippen molar-refractivity contribution in [1.82, 2.24) is 5.32 Å². The minimum atomic E-state index is -0.256. The Labute approximate surface area is 170 Å². The van der Waals surface area contributed by atoms with Crippen LogP contribution in [0.25, 0.3) is 0 Å². The van der Waals surface area contributed by atoms with E-state index >= 15 is 0 Å². The smallest absolute Gasteiger partial charge is 0.319 e. The summed E-state index contributed by atoms with van der Waals surface area (Å²) >= 11 is 0. The highest BCUT2D eigenvalue weighted by molar-refractivity contribution is 5.89. The van der Waals surface area contributed by atoms with E-state index in [0.29, 0.717) is 12.3 Å². The standard InChI is InChI=1S/C23H23N3O3/c1-26(15-17-5-3-2-4-6-17)20-10-8-19(9-11-20)25-23(27)24-14-18-7-12-21-22(13-18)29-16-28-21/h2-13H,14-16H2,1H3,(H2,24,25,27). The van der Waals surface area contributed by atoms with Gasteiger partial charge in [0.15, 0.2) is 11.5 Å². The Kier molecular flexibility index (Phi) is 5.52. The average molecular weight is 389 g/mol. The molecule has 4 rings (SSSR count). The number of amides is 2. The zero-order valence-corrected chi connectivity index (χ0v) is 16.2. The van der Waals surface area contributed by atoms with Gasteiger partial charge in [-0.1, -0.05) is 36.4 Å². The topological polar surface area (TPSA) is 62.8 Å². The summed E-state index contributed by atoms with van der Waals surface area (Å²) in [5.74, 6) is 1.44. The molecule has 0 aromatic heterocycles. The zero-order valence-electron chi connectivity index (χ0n) is 16.2. The van der Waals surface area contributed by atoms with Crippen molar-refractivity contribution in [3.8, 4) is 11.5 Å². The van der Waals surface area contributed by atoms with Crippen molar-refractivity contribution >= 4 is 17.4 Å². The van der Waals surface area contributed by atoms with E-state index in [1.54, 1.807) is 0 Å². The van der Waals surface area contributed by atoms with Crippen molar-refractivity contribution in [2.75, 3.05) is 24.1 Å². The predicted octanol–water partition coefficient (Wildman–Crippen LogP) is 4.37. The SMILES string of the molecule is CN(Cc1ccccc1)c1ccc(NC(=O)NCc2ccc3c(c2)OCO3)cc1. The van der Waals surface area contributed by atoms with Gasteiger partial charge in [-0.15, -0.1) is 0 Å². The van der Waals surface area contributed by atoms with Crippen LogP contribution in [0.2, 0.25) is 0 Å². The summed E-state index contributed by atoms with van der Waals surface area (Å²) < 4.78 is 10.6. The molecule has 0 bridgehead atoms. The molecule has 0 aliphatic carbocycles. The van der Waals surface area contributed by atoms with E-state index in [9.17, 15) is 4.79 Å². The normalized spacial score (nSPS) is 11.8. The summed E-state index contributed by atoms with van der Waals surface area (Å²) in [5, 5.41) is 5.71. The number of nitrogens with zero attached hydrogens (tertiary/aromatic N) is 1. The van der Waals surface area contributed by atoms with Crippen LogP contribution in [-0.2, 0) is 13.1 Å². The number of hydrogen-bond donors (Lipinski definition) is 2. The fraction of sp³-hybridized carbons (Fsp3) is 0.174. The first-order valence-corrected chi connectivity index (χ1v) is 9.46. The Morgan fingerprint density at radius 1 is 0.931 bits per heavy atom. The first kappa shape index (κ1) is 18.7. The summed E-state index contributed by atoms with van der Waals surface area (Å²) in [4.78, 5) is 14.4. The number of anilines is 2. The van der Waals surface area contributed by atoms with Crippen molar-refractivity contribution in [3.63, 3.8) is 0 Å². The summed E-state index contributed by atoms with van der Waals surface area (Å²) in [7, 11) is 2.05. The minimum absolute atomic E-state index is 0.239. The van der Waals surface area contributed by atoms with Gasteiger partial charge >= 0.3 is 6.03 Å². The van der Waals surface area contributed by atoms with Crippen LogP contribution in [0.1, 0.15) is 11.1 Å². The maximum absolute atomic E-state index is 12.2. The molecule has 6 heteroatoms. The second-order valence-corrected chi connectivity index (χ2v) is 6.88. The van der Waals surface area contributed by atoms with E-state index in [4.69, 9.17) is 9.47 Å². The fourth-order valence-electron chi connectivity index (χ4n) is 3.16. The molecule has 0 spiro atoms. The van der Waals surface area contributed by atoms with E-state index in [-0.39, 0.29) is 12.8 Å². The van der Waals surface area contributed by atoms with Crippen LogP contribution >= 0.6 is 0 Å². The highest BCUT2D eigenvalue weighted by atomic mass is 16.7. The lowest BCUT2D eigenvalue weighted by atomic mass is 10.2. The van der Waals surface area contributed by atoms with Gasteiger partial charge < -0.3 is 25.0 Å². The van der Waals surface area contributed by atoms with Crippen LogP contribution in [0.5, 0.6) is 11.5 Å². The molecule has 1 aliphatic rings. The lowest BCUT2D eigenvalue weighted by Crippen LogP contribution is -2.28. The molecule has 29 heavy (non-hydrogen) atoms. The van der Waals surface area contributed by atoms with Crippen molar-refractivity contribution in [3.05, 3.63) is 83.9 Å². The summed E-state index contributed by atoms with van der Waals surface area (Å²) in [6.07, 6.45) is 0. The molecule has 6 nitrogen and oxygen atoms in total. The molecule has 1 aliphatic heterocycles. The summed E-state index contributed by atoms with van der Waals surface area (Å²) in [6, 6.07) is 23.5. The number of hydrogen-bond acceptors (Lipinski definition) is 4. The Balaban J connectivity index is 1.28. The van der Waals surface area contributed by atoms with E-state index in [1.807, 2.05) is 67.7 Å². The second kappa shape index (κ2) is 8.56. The maximum atomic E-state index is 12.2. The Bertz CT molecular complexity index is 974. The maximum Gasteiger partial charge on any atom is 0.319 e. The first-order valence-electron chi connectivity index (χ1n) is 9.46. The van der Waals surface area contributed by atoms with Crippen molar-refractivity contribution < 1.29 is 14.3 Å². The number of fused-ring (bicyclic) bond motifs is 1. The molecule has 0 saturated heterocycles. The molecule has 0 atom stereocenters. The van der Waals surface area contributed by atoms with Gasteiger partial charge in [-0.2, -0.15) is 0 Å². The number of rotatable bonds is 6. The highest BCUT2D eigenvalue weighted by Crippen LogP contribution is 2.32. The number of carbonyl (C=O) groups is 1. The molecule has 1 heterocycles. The molecule has 148 valence electrons. The van der Waals surface area contributed by atoms with E-state index in [0.717, 1.165) is 29.2 Å². The number of nitrogens with one attached hydrogen (secondary N) is 2. The van der Waals surface area contributed by atoms with Crippen LogP contribution in [0.3, 0.4) is 0 Å². The third kappa shape index (κ3) is 4.79. The molecule has 0 fully saturated rings. The molecule has 3 aromatic carbocycles. The Morgan fingerprint density at radius 3 is 2.48 bits per heavy atom. The number of urea groups is 1. The van der Waals surface area contributed by atoms with Gasteiger partial charge in [0.25, 0.3) is 0 Å². The number of carbonyl (C=O) groups excluding carboxylic acids is 1. The largest absolute Gasteiger partial charge is 0.454 e. The van der Waals surface area contributed by atoms with Gasteiger partial charge in [0.2, 0.25) is 6.79 Å². The van der Waals surface area contributed by atoms with E-state index in [2.05, 4.69) is 27.7 Å². The third-order valence-electron chi connectivity index (χ3n) is 4.72. The third-order valence-corrected chi connectivity index (χ3v) is 4.72. The molecule has 0 unspecified atom stereocenters. The van der Waals surface area contributed by atoms with Gasteiger partial charge in [-0.3, -0.25) is 0 Å². The molecular formula is C23H23N3O3. The van der Waals surface area contributed by atoms with Gasteiger partial charge in [-0.05, 0) is 47.5 Å². The van der Waals surface area contributed by atoms with Crippen LogP contribution in [0.4, 0.5) is 16.2 Å². The number of benzene rings is 3. The van der Waals surface area contributed by atoms with Gasteiger partial charge in [-0.25, -0.2) is 4.79 Å². The summed E-state index contributed by atoms with van der Waals surface area (Å²) in [5.41, 5.74) is 4.02. The molecule has 3 aromatic rings. The number of ether oxygens (including phenoxy) is 2. The van der Waals surface area contributed by atoms with Gasteiger partial charge in [0, 0.05) is 31.5 Å². The summed E-state index contributed by atoms with van der Waals surface area (Å²) in [6.45, 7) is 1.47. The van der Waals surface area contributed by atoms with E-state index in [1.165, 1.54) is 5.56 Å². The van der Waals surface area contributed by atoms with Gasteiger partial charge in [0.05, 0.1) is 0 Å². The predicted molar refractivity (Wildman–Crippen MR) is 113 cm³/mol. The van der Waals surface area contributed by atoms with Crippen molar-refractivity contribution in [1.29, 1.82) is 0 Å². The Morgan fingerprint density at radius 2 is 1.69 bits per heavy atom. The van der Waals surface area contributed by atoms with Crippen LogP contribution in [0.15, 0.2) is 72.8 Å². The lowest BCUT2D eigenvalue weighted by molar-refractivity contribution is 0.174. The van der Waals surface area contributed by atoms with Crippen LogP contribution < -0.4 is 25.0 Å². The quantitative estimate of drug-likeness (QED) is 0.657. The molecule has 2 amide bonds. The monoisotopic (exact) mass is 389 g/mol. The van der Waals surface area contributed by atoms with E-state index < -0.39 is 0 Å². The molecule has 2 N–H and O–H groups in total. The minimum Gasteiger partial charge on any atom is -0.454 e. The van der Waals surface area contributed by atoms with Crippen LogP contribution in [-0.4, -0.2) is 19.9 Å². The first-order chi connectivity index (χ1) is 14.2. The fourth-order valence-corrected chi connectivity index (χ4v) is 3.16. The lowest BCUT2D eigenvalue weighted by Gasteiger charge is -2.20. The Hall–Kier alpha value is -3.67. The highest BCUT2D eigenvalue weighted by Gasteiger charge is 2.13. The molecular weight excluding hydrogens is 366 g/mol. The molecule has 0 saturated carbocycles. The van der Waals surface area contributed by atoms with Crippen molar-refractivity contribution in [2.24, 2.45) is 0 Å².